The topological polar surface area (TPSA) is 43.4 Å². The van der Waals surface area contributed by atoms with Gasteiger partial charge in [0, 0.05) is 15.8 Å². The van der Waals surface area contributed by atoms with Crippen LogP contribution in [0.4, 0.5) is 0 Å². The molecular weight excluding hydrogens is 401 g/mol. The van der Waals surface area contributed by atoms with Crippen LogP contribution < -0.4 is 10.1 Å². The van der Waals surface area contributed by atoms with Gasteiger partial charge >= 0.3 is 0 Å². The fraction of sp³-hybridized carbons (Fsp3) is 0.389. The lowest BCUT2D eigenvalue weighted by Gasteiger charge is -2.12. The summed E-state index contributed by atoms with van der Waals surface area (Å²) in [6, 6.07) is 10.8. The molecule has 122 valence electrons. The third kappa shape index (κ3) is 5.44. The molecule has 1 unspecified atom stereocenters. The Labute approximate surface area is 150 Å². The van der Waals surface area contributed by atoms with Crippen molar-refractivity contribution in [3.05, 3.63) is 57.4 Å². The maximum atomic E-state index is 5.83. The Balaban J connectivity index is 1.46. The van der Waals surface area contributed by atoms with Crippen LogP contribution in [0.25, 0.3) is 0 Å². The van der Waals surface area contributed by atoms with Gasteiger partial charge in [-0.15, -0.1) is 0 Å². The van der Waals surface area contributed by atoms with E-state index in [0.29, 0.717) is 25.9 Å². The molecule has 0 bridgehead atoms. The van der Waals surface area contributed by atoms with Crippen molar-refractivity contribution in [2.45, 2.75) is 32.1 Å². The second-order valence-electron chi connectivity index (χ2n) is 5.75. The van der Waals surface area contributed by atoms with Gasteiger partial charge in [-0.25, -0.2) is 0 Å². The molecule has 1 atom stereocenters. The van der Waals surface area contributed by atoms with Crippen LogP contribution in [0.2, 0.25) is 0 Å². The van der Waals surface area contributed by atoms with Crippen LogP contribution >= 0.6 is 22.6 Å². The quantitative estimate of drug-likeness (QED) is 0.694. The fourth-order valence-corrected chi connectivity index (χ4v) is 2.94. The van der Waals surface area contributed by atoms with Gasteiger partial charge in [-0.1, -0.05) is 12.1 Å². The van der Waals surface area contributed by atoms with Crippen molar-refractivity contribution in [3.8, 4) is 5.75 Å². The maximum Gasteiger partial charge on any atom is 0.138 e. The summed E-state index contributed by atoms with van der Waals surface area (Å²) in [5, 5.41) is 3.43. The summed E-state index contributed by atoms with van der Waals surface area (Å²) < 4.78 is 12.8. The van der Waals surface area contributed by atoms with Crippen LogP contribution in [0.3, 0.4) is 0 Å². The van der Waals surface area contributed by atoms with Gasteiger partial charge in [0.15, 0.2) is 0 Å². The summed E-state index contributed by atoms with van der Waals surface area (Å²) in [6.45, 7) is 2.94. The minimum atomic E-state index is 0.468. The fourth-order valence-electron chi connectivity index (χ4n) is 2.58. The van der Waals surface area contributed by atoms with E-state index in [0.717, 1.165) is 17.9 Å². The highest BCUT2D eigenvalue weighted by Crippen LogP contribution is 2.15. The number of ether oxygens (including phenoxy) is 2. The van der Waals surface area contributed by atoms with Crippen LogP contribution in [-0.2, 0) is 18.0 Å². The first-order chi connectivity index (χ1) is 11.3. The average Bonchev–Trinajstić information content (AvgIpc) is 3.09. The van der Waals surface area contributed by atoms with E-state index in [1.807, 2.05) is 12.3 Å². The van der Waals surface area contributed by atoms with E-state index in [1.165, 1.54) is 22.0 Å². The van der Waals surface area contributed by atoms with Crippen LogP contribution in [0.5, 0.6) is 5.75 Å². The van der Waals surface area contributed by atoms with Crippen LogP contribution in [-0.4, -0.2) is 24.2 Å². The second kappa shape index (κ2) is 8.61. The molecule has 1 aromatic heterocycles. The van der Waals surface area contributed by atoms with Gasteiger partial charge in [0.2, 0.25) is 0 Å². The number of hydrogen-bond donors (Lipinski definition) is 1. The van der Waals surface area contributed by atoms with E-state index in [2.05, 4.69) is 57.2 Å². The van der Waals surface area contributed by atoms with E-state index in [4.69, 9.17) is 9.47 Å². The van der Waals surface area contributed by atoms with Gasteiger partial charge in [-0.05, 0) is 71.3 Å². The van der Waals surface area contributed by atoms with Crippen molar-refractivity contribution in [1.82, 2.24) is 10.3 Å². The van der Waals surface area contributed by atoms with E-state index in [9.17, 15) is 0 Å². The Morgan fingerprint density at radius 1 is 1.13 bits per heavy atom. The summed E-state index contributed by atoms with van der Waals surface area (Å²) in [7, 11) is 0. The minimum absolute atomic E-state index is 0.468. The lowest BCUT2D eigenvalue weighted by atomic mass is 10.2. The standard InChI is InChI=1S/C18H21IN2O2/c19-16-5-3-14(4-6-16)11-22-12-15-8-18(10-20-9-15)23-13-17-2-1-7-21-17/h3-6,8-10,17,21H,1-2,7,11-13H2/i19-2. The van der Waals surface area contributed by atoms with Gasteiger partial charge in [0.05, 0.1) is 19.4 Å². The smallest absolute Gasteiger partial charge is 0.138 e. The highest BCUT2D eigenvalue weighted by atomic mass is 125. The Morgan fingerprint density at radius 2 is 1.96 bits per heavy atom. The normalized spacial score (nSPS) is 17.3. The zero-order chi connectivity index (χ0) is 15.9. The number of pyridine rings is 1. The number of aromatic nitrogens is 1. The monoisotopic (exact) mass is 422 g/mol. The molecule has 0 saturated carbocycles. The molecule has 0 amide bonds. The largest absolute Gasteiger partial charge is 0.490 e. The zero-order valence-electron chi connectivity index (χ0n) is 13.0. The van der Waals surface area contributed by atoms with Crippen molar-refractivity contribution >= 4 is 22.6 Å². The van der Waals surface area contributed by atoms with Gasteiger partial charge in [0.25, 0.3) is 0 Å². The molecule has 1 saturated heterocycles. The summed E-state index contributed by atoms with van der Waals surface area (Å²) in [6.07, 6.45) is 6.01. The molecule has 0 spiro atoms. The first-order valence-corrected chi connectivity index (χ1v) is 9.00. The number of hydrogen-bond acceptors (Lipinski definition) is 4. The molecule has 1 fully saturated rings. The molecule has 0 aliphatic carbocycles. The van der Waals surface area contributed by atoms with Crippen molar-refractivity contribution in [2.24, 2.45) is 0 Å². The highest BCUT2D eigenvalue weighted by molar-refractivity contribution is 14.1. The zero-order valence-corrected chi connectivity index (χ0v) is 15.2. The van der Waals surface area contributed by atoms with Gasteiger partial charge in [0.1, 0.15) is 12.4 Å². The van der Waals surface area contributed by atoms with Crippen LogP contribution in [0.1, 0.15) is 24.0 Å². The SMILES string of the molecule is [125I]c1ccc(COCc2cncc(OCC3CCCN3)c2)cc1. The maximum absolute atomic E-state index is 5.83. The minimum Gasteiger partial charge on any atom is -0.490 e. The van der Waals surface area contributed by atoms with Crippen molar-refractivity contribution in [3.63, 3.8) is 0 Å². The second-order valence-corrected chi connectivity index (χ2v) is 7.00. The number of nitrogens with zero attached hydrogens (tertiary/aromatic N) is 1. The molecule has 0 radical (unpaired) electrons. The number of rotatable bonds is 7. The van der Waals surface area contributed by atoms with Gasteiger partial charge < -0.3 is 14.8 Å². The Hall–Kier alpha value is -1.18. The first kappa shape index (κ1) is 16.7. The summed E-state index contributed by atoms with van der Waals surface area (Å²) >= 11 is 2.30. The lowest BCUT2D eigenvalue weighted by Crippen LogP contribution is -2.28. The molecule has 1 aliphatic heterocycles. The third-order valence-electron chi connectivity index (χ3n) is 3.83. The van der Waals surface area contributed by atoms with Crippen molar-refractivity contribution < 1.29 is 9.47 Å². The predicted octanol–water partition coefficient (Wildman–Crippen LogP) is 3.53. The molecule has 4 nitrogen and oxygen atoms in total. The summed E-state index contributed by atoms with van der Waals surface area (Å²) in [4.78, 5) is 4.24. The van der Waals surface area contributed by atoms with Crippen molar-refractivity contribution in [2.75, 3.05) is 13.2 Å². The molecule has 2 aromatic rings. The van der Waals surface area contributed by atoms with E-state index in [1.54, 1.807) is 6.20 Å². The first-order valence-electron chi connectivity index (χ1n) is 7.92. The van der Waals surface area contributed by atoms with Crippen LogP contribution in [0, 0.1) is 3.57 Å². The molecule has 1 aliphatic rings. The summed E-state index contributed by atoms with van der Waals surface area (Å²) in [5.74, 6) is 0.814. The molecule has 1 N–H and O–H groups in total. The van der Waals surface area contributed by atoms with Crippen molar-refractivity contribution in [1.29, 1.82) is 0 Å². The summed E-state index contributed by atoms with van der Waals surface area (Å²) in [5.41, 5.74) is 2.21. The van der Waals surface area contributed by atoms with E-state index < -0.39 is 0 Å². The molecular formula is C18H21IN2O2. The van der Waals surface area contributed by atoms with Crippen LogP contribution in [0.15, 0.2) is 42.7 Å². The molecule has 3 rings (SSSR count). The lowest BCUT2D eigenvalue weighted by molar-refractivity contribution is 0.106. The van der Waals surface area contributed by atoms with Gasteiger partial charge in [-0.2, -0.15) is 0 Å². The highest BCUT2D eigenvalue weighted by Gasteiger charge is 2.14. The third-order valence-corrected chi connectivity index (χ3v) is 4.55. The molecule has 2 heterocycles. The molecule has 23 heavy (non-hydrogen) atoms. The number of nitrogens with one attached hydrogen (secondary N) is 1. The Morgan fingerprint density at radius 3 is 2.74 bits per heavy atom. The predicted molar refractivity (Wildman–Crippen MR) is 98.4 cm³/mol. The number of halogens is 1. The Kier molecular flexibility index (Phi) is 6.24. The average molecular weight is 422 g/mol. The number of benzene rings is 1. The van der Waals surface area contributed by atoms with Gasteiger partial charge in [-0.3, -0.25) is 4.98 Å². The van der Waals surface area contributed by atoms with E-state index >= 15 is 0 Å². The Bertz CT molecular complexity index is 613. The molecule has 1 aromatic carbocycles. The van der Waals surface area contributed by atoms with E-state index in [-0.39, 0.29) is 0 Å². The molecule has 5 heteroatoms.